The summed E-state index contributed by atoms with van der Waals surface area (Å²) in [5.41, 5.74) is 3.12. The van der Waals surface area contributed by atoms with Crippen LogP contribution in [0.25, 0.3) is 11.0 Å². The summed E-state index contributed by atoms with van der Waals surface area (Å²) >= 11 is 0. The van der Waals surface area contributed by atoms with Crippen LogP contribution in [0.2, 0.25) is 0 Å². The van der Waals surface area contributed by atoms with Crippen LogP contribution in [-0.4, -0.2) is 88.6 Å². The maximum atomic E-state index is 13.5. The molecule has 3 aromatic rings. The van der Waals surface area contributed by atoms with Crippen LogP contribution >= 0.6 is 0 Å². The van der Waals surface area contributed by atoms with E-state index < -0.39 is 0 Å². The molecule has 200 valence electrons. The number of nitrogens with one attached hydrogen (secondary N) is 1. The lowest BCUT2D eigenvalue weighted by Gasteiger charge is -2.45. The van der Waals surface area contributed by atoms with Gasteiger partial charge in [0.2, 0.25) is 11.9 Å². The van der Waals surface area contributed by atoms with E-state index in [1.54, 1.807) is 22.7 Å². The monoisotopic (exact) mass is 516 g/mol. The number of hydrogen-bond donors (Lipinski definition) is 1. The molecule has 0 spiro atoms. The number of aromatic nitrogens is 3. The van der Waals surface area contributed by atoms with Gasteiger partial charge >= 0.3 is 0 Å². The van der Waals surface area contributed by atoms with Crippen LogP contribution in [0.15, 0.2) is 54.0 Å². The van der Waals surface area contributed by atoms with E-state index in [4.69, 9.17) is 0 Å². The first-order chi connectivity index (χ1) is 18.2. The van der Waals surface area contributed by atoms with E-state index in [9.17, 15) is 9.59 Å². The number of hydrogen-bond acceptors (Lipinski definition) is 8. The highest BCUT2D eigenvalue weighted by atomic mass is 16.2. The van der Waals surface area contributed by atoms with Crippen LogP contribution in [-0.2, 0) is 11.8 Å². The van der Waals surface area contributed by atoms with Gasteiger partial charge in [-0.3, -0.25) is 14.2 Å². The Morgan fingerprint density at radius 2 is 1.71 bits per heavy atom. The van der Waals surface area contributed by atoms with Crippen molar-refractivity contribution >= 4 is 40.0 Å². The van der Waals surface area contributed by atoms with Crippen molar-refractivity contribution in [1.82, 2.24) is 24.3 Å². The lowest BCUT2D eigenvalue weighted by molar-refractivity contribution is -0.127. The van der Waals surface area contributed by atoms with Crippen molar-refractivity contribution in [2.45, 2.75) is 25.9 Å². The lowest BCUT2D eigenvalue weighted by Crippen LogP contribution is -2.59. The fraction of sp³-hybridized carbons (Fsp3) is 0.429. The fourth-order valence-electron chi connectivity index (χ4n) is 5.53. The van der Waals surface area contributed by atoms with Crippen molar-refractivity contribution in [2.24, 2.45) is 7.05 Å². The van der Waals surface area contributed by atoms with E-state index in [2.05, 4.69) is 55.7 Å². The molecule has 2 atom stereocenters. The van der Waals surface area contributed by atoms with E-state index in [1.165, 1.54) is 11.8 Å². The molecule has 5 rings (SSSR count). The van der Waals surface area contributed by atoms with E-state index >= 15 is 0 Å². The summed E-state index contributed by atoms with van der Waals surface area (Å²) in [7, 11) is 3.89. The summed E-state index contributed by atoms with van der Waals surface area (Å²) in [6, 6.07) is 10.1. The van der Waals surface area contributed by atoms with E-state index in [1.807, 2.05) is 32.0 Å². The molecule has 0 radical (unpaired) electrons. The number of fused-ring (bicyclic) bond motifs is 1. The number of carbonyl (C=O) groups is 1. The Morgan fingerprint density at radius 1 is 1.05 bits per heavy atom. The summed E-state index contributed by atoms with van der Waals surface area (Å²) < 4.78 is 1.58. The third-order valence-electron chi connectivity index (χ3n) is 7.60. The molecule has 0 saturated carbocycles. The Labute approximate surface area is 223 Å². The number of likely N-dealkylation sites (N-methyl/N-ethyl adjacent to an activating group) is 1. The molecule has 2 unspecified atom stereocenters. The molecule has 1 amide bonds. The SMILES string of the molecule is C=CC(=O)N1CC(C)N(c2cc3cnc(Nc4ccc(N5CCN(C)CC5)cc4)nc3n(C)c2=O)C(C)C1. The highest BCUT2D eigenvalue weighted by Gasteiger charge is 2.33. The Balaban J connectivity index is 1.36. The Bertz CT molecular complexity index is 1380. The van der Waals surface area contributed by atoms with Gasteiger partial charge in [0.25, 0.3) is 5.56 Å². The molecule has 2 aliphatic heterocycles. The zero-order valence-corrected chi connectivity index (χ0v) is 22.6. The average Bonchev–Trinajstić information content (AvgIpc) is 2.91. The van der Waals surface area contributed by atoms with Crippen molar-refractivity contribution in [1.29, 1.82) is 0 Å². The molecule has 1 N–H and O–H groups in total. The number of amides is 1. The zero-order valence-electron chi connectivity index (χ0n) is 22.6. The minimum Gasteiger partial charge on any atom is -0.369 e. The first-order valence-corrected chi connectivity index (χ1v) is 13.1. The third-order valence-corrected chi connectivity index (χ3v) is 7.60. The van der Waals surface area contributed by atoms with Gasteiger partial charge in [0, 0.05) is 81.4 Å². The lowest BCUT2D eigenvalue weighted by atomic mass is 10.1. The largest absolute Gasteiger partial charge is 0.369 e. The van der Waals surface area contributed by atoms with E-state index in [-0.39, 0.29) is 23.6 Å². The summed E-state index contributed by atoms with van der Waals surface area (Å²) in [6.07, 6.45) is 3.09. The molecular weight excluding hydrogens is 480 g/mol. The van der Waals surface area contributed by atoms with Gasteiger partial charge in [-0.2, -0.15) is 4.98 Å². The van der Waals surface area contributed by atoms with Gasteiger partial charge in [0.15, 0.2) is 0 Å². The summed E-state index contributed by atoms with van der Waals surface area (Å²) in [4.78, 5) is 43.4. The van der Waals surface area contributed by atoms with Crippen molar-refractivity contribution < 1.29 is 4.79 Å². The molecule has 2 aliphatic rings. The van der Waals surface area contributed by atoms with Gasteiger partial charge < -0.3 is 24.9 Å². The van der Waals surface area contributed by atoms with Crippen molar-refractivity contribution in [3.63, 3.8) is 0 Å². The topological polar surface area (TPSA) is 89.8 Å². The maximum absolute atomic E-state index is 13.5. The Hall–Kier alpha value is -3.92. The van der Waals surface area contributed by atoms with E-state index in [0.717, 1.165) is 37.3 Å². The fourth-order valence-corrected chi connectivity index (χ4v) is 5.53. The number of rotatable bonds is 5. The van der Waals surface area contributed by atoms with Gasteiger partial charge in [-0.1, -0.05) is 6.58 Å². The van der Waals surface area contributed by atoms with Gasteiger partial charge in [-0.05, 0) is 57.3 Å². The Kier molecular flexibility index (Phi) is 7.07. The molecule has 4 heterocycles. The standard InChI is InChI=1S/C28H36N8O2/c1-6-25(37)35-17-19(2)36(20(3)18-35)24-15-21-16-29-28(31-26(21)33(5)27(24)38)30-22-7-9-23(10-8-22)34-13-11-32(4)12-14-34/h6-10,15-16,19-20H,1,11-14,17-18H2,2-5H3,(H,29,30,31). The predicted molar refractivity (Wildman–Crippen MR) is 152 cm³/mol. The van der Waals surface area contributed by atoms with Crippen LogP contribution in [0.3, 0.4) is 0 Å². The molecule has 0 aliphatic carbocycles. The number of aryl methyl sites for hydroxylation is 1. The number of piperazine rings is 2. The molecule has 2 fully saturated rings. The van der Waals surface area contributed by atoms with Crippen molar-refractivity contribution in [3.05, 3.63) is 59.5 Å². The zero-order chi connectivity index (χ0) is 27.0. The highest BCUT2D eigenvalue weighted by Crippen LogP contribution is 2.26. The number of nitrogens with zero attached hydrogens (tertiary/aromatic N) is 7. The van der Waals surface area contributed by atoms with Crippen LogP contribution in [0.5, 0.6) is 0 Å². The van der Waals surface area contributed by atoms with Crippen molar-refractivity contribution in [2.75, 3.05) is 61.4 Å². The van der Waals surface area contributed by atoms with Crippen LogP contribution in [0.4, 0.5) is 23.0 Å². The predicted octanol–water partition coefficient (Wildman–Crippen LogP) is 2.44. The molecule has 2 saturated heterocycles. The summed E-state index contributed by atoms with van der Waals surface area (Å²) in [6.45, 7) is 12.9. The molecule has 2 aromatic heterocycles. The minimum atomic E-state index is -0.124. The normalized spacial score (nSPS) is 20.6. The molecule has 38 heavy (non-hydrogen) atoms. The van der Waals surface area contributed by atoms with Gasteiger partial charge in [-0.25, -0.2) is 4.98 Å². The van der Waals surface area contributed by atoms with Crippen LogP contribution in [0.1, 0.15) is 13.8 Å². The quantitative estimate of drug-likeness (QED) is 0.518. The molecule has 1 aromatic carbocycles. The van der Waals surface area contributed by atoms with E-state index in [0.29, 0.717) is 30.4 Å². The number of pyridine rings is 1. The number of carbonyl (C=O) groups excluding carboxylic acids is 1. The summed E-state index contributed by atoms with van der Waals surface area (Å²) in [5.74, 6) is 0.350. The molecule has 0 bridgehead atoms. The third kappa shape index (κ3) is 4.96. The van der Waals surface area contributed by atoms with Crippen molar-refractivity contribution in [3.8, 4) is 0 Å². The first-order valence-electron chi connectivity index (χ1n) is 13.1. The molecular formula is C28H36N8O2. The van der Waals surface area contributed by atoms with Crippen LogP contribution < -0.4 is 20.7 Å². The van der Waals surface area contributed by atoms with Gasteiger partial charge in [0.1, 0.15) is 11.3 Å². The second kappa shape index (κ2) is 10.4. The number of benzene rings is 1. The maximum Gasteiger partial charge on any atom is 0.275 e. The highest BCUT2D eigenvalue weighted by molar-refractivity contribution is 5.87. The second-order valence-corrected chi connectivity index (χ2v) is 10.4. The minimum absolute atomic E-state index is 0.0246. The number of anilines is 4. The first kappa shape index (κ1) is 25.7. The average molecular weight is 517 g/mol. The summed E-state index contributed by atoms with van der Waals surface area (Å²) in [5, 5.41) is 4.05. The Morgan fingerprint density at radius 3 is 2.34 bits per heavy atom. The smallest absolute Gasteiger partial charge is 0.275 e. The molecule has 10 nitrogen and oxygen atoms in total. The second-order valence-electron chi connectivity index (χ2n) is 10.4. The van der Waals surface area contributed by atoms with Crippen LogP contribution in [0, 0.1) is 0 Å². The van der Waals surface area contributed by atoms with Gasteiger partial charge in [0.05, 0.1) is 0 Å². The van der Waals surface area contributed by atoms with Gasteiger partial charge in [-0.15, -0.1) is 0 Å². The molecule has 10 heteroatoms.